The SMILES string of the molecule is COC(=O)[C@@H]1CCC[C@@H]1NCc1ccc(CF)cc1. The minimum absolute atomic E-state index is 0.0323. The first kappa shape index (κ1) is 14.0. The molecule has 0 heterocycles. The van der Waals surface area contributed by atoms with Gasteiger partial charge in [-0.25, -0.2) is 4.39 Å². The van der Waals surface area contributed by atoms with Crippen LogP contribution in [0.4, 0.5) is 4.39 Å². The van der Waals surface area contributed by atoms with Crippen LogP contribution in [0.2, 0.25) is 0 Å². The summed E-state index contributed by atoms with van der Waals surface area (Å²) >= 11 is 0. The summed E-state index contributed by atoms with van der Waals surface area (Å²) in [5.41, 5.74) is 1.80. The summed E-state index contributed by atoms with van der Waals surface area (Å²) in [5, 5.41) is 3.41. The van der Waals surface area contributed by atoms with E-state index >= 15 is 0 Å². The van der Waals surface area contributed by atoms with Crippen molar-refractivity contribution in [2.45, 2.75) is 38.5 Å². The fourth-order valence-corrected chi connectivity index (χ4v) is 2.63. The lowest BCUT2D eigenvalue weighted by atomic mass is 10.0. The molecule has 0 amide bonds. The standard InChI is InChI=1S/C15H20FNO2/c1-19-15(18)13-3-2-4-14(13)17-10-12-7-5-11(9-16)6-8-12/h5-8,13-14,17H,2-4,9-10H2,1H3/t13-,14+/m1/s1. The largest absolute Gasteiger partial charge is 0.469 e. The Kier molecular flexibility index (Phi) is 4.91. The molecular formula is C15H20FNO2. The molecule has 1 fully saturated rings. The number of hydrogen-bond donors (Lipinski definition) is 1. The molecular weight excluding hydrogens is 245 g/mol. The second kappa shape index (κ2) is 6.66. The third kappa shape index (κ3) is 3.53. The second-order valence-corrected chi connectivity index (χ2v) is 5.00. The van der Waals surface area contributed by atoms with Crippen LogP contribution in [-0.4, -0.2) is 19.1 Å². The van der Waals surface area contributed by atoms with Gasteiger partial charge in [0.15, 0.2) is 0 Å². The van der Waals surface area contributed by atoms with Crippen LogP contribution in [0.15, 0.2) is 24.3 Å². The van der Waals surface area contributed by atoms with Gasteiger partial charge in [-0.05, 0) is 24.0 Å². The van der Waals surface area contributed by atoms with E-state index in [9.17, 15) is 9.18 Å². The average molecular weight is 265 g/mol. The maximum Gasteiger partial charge on any atom is 0.310 e. The Bertz CT molecular complexity index is 419. The predicted molar refractivity (Wildman–Crippen MR) is 71.2 cm³/mol. The monoisotopic (exact) mass is 265 g/mol. The first-order chi connectivity index (χ1) is 9.24. The highest BCUT2D eigenvalue weighted by Crippen LogP contribution is 2.27. The summed E-state index contributed by atoms with van der Waals surface area (Å²) in [4.78, 5) is 11.6. The van der Waals surface area contributed by atoms with Crippen LogP contribution in [0.5, 0.6) is 0 Å². The first-order valence-corrected chi connectivity index (χ1v) is 6.69. The fraction of sp³-hybridized carbons (Fsp3) is 0.533. The minimum Gasteiger partial charge on any atom is -0.469 e. The van der Waals surface area contributed by atoms with Gasteiger partial charge in [0.25, 0.3) is 0 Å². The van der Waals surface area contributed by atoms with Gasteiger partial charge in [-0.1, -0.05) is 30.7 Å². The number of carbonyl (C=O) groups is 1. The molecule has 0 spiro atoms. The van der Waals surface area contributed by atoms with Crippen LogP contribution in [-0.2, 0) is 22.8 Å². The quantitative estimate of drug-likeness (QED) is 0.832. The Morgan fingerprint density at radius 1 is 1.32 bits per heavy atom. The fourth-order valence-electron chi connectivity index (χ4n) is 2.63. The molecule has 19 heavy (non-hydrogen) atoms. The number of esters is 1. The number of ether oxygens (including phenoxy) is 1. The van der Waals surface area contributed by atoms with Crippen molar-refractivity contribution in [2.75, 3.05) is 7.11 Å². The van der Waals surface area contributed by atoms with E-state index in [1.807, 2.05) is 12.1 Å². The Labute approximate surface area is 113 Å². The molecule has 3 nitrogen and oxygen atoms in total. The smallest absolute Gasteiger partial charge is 0.310 e. The van der Waals surface area contributed by atoms with Crippen LogP contribution in [0.1, 0.15) is 30.4 Å². The maximum absolute atomic E-state index is 12.4. The van der Waals surface area contributed by atoms with Crippen molar-refractivity contribution in [3.05, 3.63) is 35.4 Å². The minimum atomic E-state index is -0.430. The average Bonchev–Trinajstić information content (AvgIpc) is 2.93. The van der Waals surface area contributed by atoms with Crippen molar-refractivity contribution < 1.29 is 13.9 Å². The van der Waals surface area contributed by atoms with E-state index < -0.39 is 6.67 Å². The Morgan fingerprint density at radius 2 is 2.00 bits per heavy atom. The van der Waals surface area contributed by atoms with E-state index in [-0.39, 0.29) is 17.9 Å². The summed E-state index contributed by atoms with van der Waals surface area (Å²) in [7, 11) is 1.44. The second-order valence-electron chi connectivity index (χ2n) is 5.00. The molecule has 0 radical (unpaired) electrons. The Morgan fingerprint density at radius 3 is 2.63 bits per heavy atom. The van der Waals surface area contributed by atoms with Crippen LogP contribution in [0, 0.1) is 5.92 Å². The number of rotatable bonds is 5. The van der Waals surface area contributed by atoms with Gasteiger partial charge in [0.05, 0.1) is 13.0 Å². The molecule has 0 unspecified atom stereocenters. The lowest BCUT2D eigenvalue weighted by Gasteiger charge is -2.19. The van der Waals surface area contributed by atoms with Gasteiger partial charge in [-0.3, -0.25) is 4.79 Å². The van der Waals surface area contributed by atoms with Crippen molar-refractivity contribution in [2.24, 2.45) is 5.92 Å². The summed E-state index contributed by atoms with van der Waals surface area (Å²) < 4.78 is 17.2. The first-order valence-electron chi connectivity index (χ1n) is 6.69. The predicted octanol–water partition coefficient (Wildman–Crippen LogP) is 2.59. The normalized spacial score (nSPS) is 22.4. The maximum atomic E-state index is 12.4. The molecule has 0 aliphatic heterocycles. The lowest BCUT2D eigenvalue weighted by molar-refractivity contribution is -0.145. The molecule has 1 aromatic rings. The van der Waals surface area contributed by atoms with E-state index in [1.165, 1.54) is 7.11 Å². The summed E-state index contributed by atoms with van der Waals surface area (Å²) in [5.74, 6) is -0.155. The molecule has 1 aliphatic rings. The zero-order chi connectivity index (χ0) is 13.7. The summed E-state index contributed by atoms with van der Waals surface area (Å²) in [6.07, 6.45) is 2.95. The summed E-state index contributed by atoms with van der Waals surface area (Å²) in [6, 6.07) is 7.62. The van der Waals surface area contributed by atoms with Crippen molar-refractivity contribution in [1.82, 2.24) is 5.32 Å². The van der Waals surface area contributed by atoms with Gasteiger partial charge in [-0.2, -0.15) is 0 Å². The number of benzene rings is 1. The molecule has 104 valence electrons. The molecule has 1 N–H and O–H groups in total. The third-order valence-corrected chi connectivity index (χ3v) is 3.77. The third-order valence-electron chi connectivity index (χ3n) is 3.77. The van der Waals surface area contributed by atoms with Crippen molar-refractivity contribution in [1.29, 1.82) is 0 Å². The molecule has 1 aromatic carbocycles. The van der Waals surface area contributed by atoms with Crippen molar-refractivity contribution >= 4 is 5.97 Å². The zero-order valence-electron chi connectivity index (χ0n) is 11.2. The number of hydrogen-bond acceptors (Lipinski definition) is 3. The van der Waals surface area contributed by atoms with E-state index in [2.05, 4.69) is 5.32 Å². The molecule has 0 saturated heterocycles. The van der Waals surface area contributed by atoms with Gasteiger partial charge >= 0.3 is 5.97 Å². The Hall–Kier alpha value is -1.42. The van der Waals surface area contributed by atoms with Gasteiger partial charge in [-0.15, -0.1) is 0 Å². The van der Waals surface area contributed by atoms with Crippen LogP contribution in [0.3, 0.4) is 0 Å². The topological polar surface area (TPSA) is 38.3 Å². The van der Waals surface area contributed by atoms with Gasteiger partial charge in [0.1, 0.15) is 6.67 Å². The molecule has 2 rings (SSSR count). The van der Waals surface area contributed by atoms with E-state index in [1.54, 1.807) is 12.1 Å². The molecule has 4 heteroatoms. The molecule has 0 bridgehead atoms. The summed E-state index contributed by atoms with van der Waals surface area (Å²) in [6.45, 7) is 0.269. The molecule has 2 atom stereocenters. The van der Waals surface area contributed by atoms with Crippen LogP contribution >= 0.6 is 0 Å². The molecule has 1 saturated carbocycles. The van der Waals surface area contributed by atoms with Gasteiger partial charge in [0.2, 0.25) is 0 Å². The molecule has 1 aliphatic carbocycles. The highest BCUT2D eigenvalue weighted by atomic mass is 19.1. The highest BCUT2D eigenvalue weighted by molar-refractivity contribution is 5.73. The number of carbonyl (C=O) groups excluding carboxylic acids is 1. The lowest BCUT2D eigenvalue weighted by Crippen LogP contribution is -2.36. The highest BCUT2D eigenvalue weighted by Gasteiger charge is 2.33. The van der Waals surface area contributed by atoms with Crippen molar-refractivity contribution in [3.63, 3.8) is 0 Å². The number of methoxy groups -OCH3 is 1. The van der Waals surface area contributed by atoms with Crippen LogP contribution in [0.25, 0.3) is 0 Å². The van der Waals surface area contributed by atoms with Crippen LogP contribution < -0.4 is 5.32 Å². The number of alkyl halides is 1. The number of halogens is 1. The van der Waals surface area contributed by atoms with E-state index in [0.717, 1.165) is 24.8 Å². The van der Waals surface area contributed by atoms with Gasteiger partial charge < -0.3 is 10.1 Å². The van der Waals surface area contributed by atoms with E-state index in [4.69, 9.17) is 4.74 Å². The Balaban J connectivity index is 1.88. The number of nitrogens with one attached hydrogen (secondary N) is 1. The molecule has 0 aromatic heterocycles. The zero-order valence-corrected chi connectivity index (χ0v) is 11.2. The van der Waals surface area contributed by atoms with Gasteiger partial charge in [0, 0.05) is 12.6 Å². The van der Waals surface area contributed by atoms with E-state index in [0.29, 0.717) is 12.1 Å². The van der Waals surface area contributed by atoms with Crippen molar-refractivity contribution in [3.8, 4) is 0 Å².